The number of nitrogens with zero attached hydrogens (tertiary/aromatic N) is 1. The Hall–Kier alpha value is -3.27. The zero-order valence-electron chi connectivity index (χ0n) is 17.6. The lowest BCUT2D eigenvalue weighted by Gasteiger charge is -2.35. The SMILES string of the molecule is O=C(NCCO)c1ccc(-c2[nH]c(C(=O)NC3(CO)CCOCC3)[n+]3ccccc23)cc1. The van der Waals surface area contributed by atoms with E-state index >= 15 is 0 Å². The van der Waals surface area contributed by atoms with Gasteiger partial charge in [-0.1, -0.05) is 6.07 Å². The van der Waals surface area contributed by atoms with Crippen LogP contribution in [-0.4, -0.2) is 65.5 Å². The van der Waals surface area contributed by atoms with Crippen LogP contribution in [0.1, 0.15) is 33.8 Å². The van der Waals surface area contributed by atoms with Crippen LogP contribution >= 0.6 is 0 Å². The summed E-state index contributed by atoms with van der Waals surface area (Å²) in [7, 11) is 0. The van der Waals surface area contributed by atoms with Crippen molar-refractivity contribution in [3.8, 4) is 11.3 Å². The molecule has 0 radical (unpaired) electrons. The fourth-order valence-electron chi connectivity index (χ4n) is 3.92. The lowest BCUT2D eigenvalue weighted by atomic mass is 9.91. The van der Waals surface area contributed by atoms with E-state index in [-0.39, 0.29) is 31.6 Å². The molecule has 0 spiro atoms. The van der Waals surface area contributed by atoms with Gasteiger partial charge in [-0.05, 0) is 49.2 Å². The highest BCUT2D eigenvalue weighted by atomic mass is 16.5. The maximum absolute atomic E-state index is 13.2. The van der Waals surface area contributed by atoms with Gasteiger partial charge in [0.25, 0.3) is 5.91 Å². The summed E-state index contributed by atoms with van der Waals surface area (Å²) in [6.07, 6.45) is 2.90. The molecule has 4 rings (SSSR count). The van der Waals surface area contributed by atoms with E-state index < -0.39 is 5.54 Å². The monoisotopic (exact) mass is 439 g/mol. The first-order chi connectivity index (χ1) is 15.6. The van der Waals surface area contributed by atoms with Crippen LogP contribution in [0.5, 0.6) is 0 Å². The summed E-state index contributed by atoms with van der Waals surface area (Å²) in [5.41, 5.74) is 2.14. The molecule has 3 heterocycles. The van der Waals surface area contributed by atoms with Gasteiger partial charge in [-0.2, -0.15) is 4.40 Å². The molecule has 1 aromatic carbocycles. The number of nitrogens with one attached hydrogen (secondary N) is 3. The zero-order chi connectivity index (χ0) is 22.6. The number of rotatable bonds is 7. The van der Waals surface area contributed by atoms with Crippen LogP contribution in [0.3, 0.4) is 0 Å². The van der Waals surface area contributed by atoms with Crippen molar-refractivity contribution in [3.63, 3.8) is 0 Å². The van der Waals surface area contributed by atoms with Crippen molar-refractivity contribution in [1.29, 1.82) is 0 Å². The summed E-state index contributed by atoms with van der Waals surface area (Å²) in [4.78, 5) is 28.5. The number of hydrogen-bond acceptors (Lipinski definition) is 5. The van der Waals surface area contributed by atoms with E-state index in [9.17, 15) is 14.7 Å². The number of fused-ring (bicyclic) bond motifs is 1. The van der Waals surface area contributed by atoms with Crippen molar-refractivity contribution in [3.05, 3.63) is 60.0 Å². The summed E-state index contributed by atoms with van der Waals surface area (Å²) < 4.78 is 7.15. The minimum Gasteiger partial charge on any atom is -0.395 e. The number of H-pyrrole nitrogens is 1. The predicted molar refractivity (Wildman–Crippen MR) is 116 cm³/mol. The largest absolute Gasteiger partial charge is 0.395 e. The smallest absolute Gasteiger partial charge is 0.351 e. The molecular formula is C23H27N4O5+. The first-order valence-corrected chi connectivity index (χ1v) is 10.6. The van der Waals surface area contributed by atoms with Crippen LogP contribution in [0.15, 0.2) is 48.7 Å². The molecule has 1 saturated heterocycles. The standard InChI is InChI=1S/C23H26N4O5/c28-12-10-24-21(30)17-6-4-16(5-7-17)19-18-3-1-2-11-27(18)20(25-19)22(31)26-23(15-29)8-13-32-14-9-23/h1-7,11,28-29H,8-10,12-15H2,(H2,24,26,30,31)/p+1. The van der Waals surface area contributed by atoms with Crippen LogP contribution in [0, 0.1) is 0 Å². The Balaban J connectivity index is 1.64. The Morgan fingerprint density at radius 3 is 2.50 bits per heavy atom. The van der Waals surface area contributed by atoms with Crippen molar-refractivity contribution >= 4 is 17.3 Å². The van der Waals surface area contributed by atoms with Gasteiger partial charge in [-0.3, -0.25) is 9.59 Å². The minimum absolute atomic E-state index is 0.120. The van der Waals surface area contributed by atoms with Gasteiger partial charge in [0.1, 0.15) is 0 Å². The van der Waals surface area contributed by atoms with Crippen molar-refractivity contribution in [1.82, 2.24) is 15.6 Å². The molecule has 0 saturated carbocycles. The number of benzene rings is 1. The van der Waals surface area contributed by atoms with Gasteiger partial charge in [-0.25, -0.2) is 4.98 Å². The van der Waals surface area contributed by atoms with E-state index in [1.807, 2.05) is 30.3 Å². The molecule has 1 aliphatic rings. The van der Waals surface area contributed by atoms with Crippen LogP contribution in [-0.2, 0) is 4.74 Å². The Labute approximate surface area is 185 Å². The molecule has 9 heteroatoms. The van der Waals surface area contributed by atoms with Gasteiger partial charge in [-0.15, -0.1) is 0 Å². The van der Waals surface area contributed by atoms with Gasteiger partial charge in [0.05, 0.1) is 24.9 Å². The first-order valence-electron chi connectivity index (χ1n) is 10.6. The van der Waals surface area contributed by atoms with E-state index in [0.29, 0.717) is 37.4 Å². The number of hydrogen-bond donors (Lipinski definition) is 5. The quantitative estimate of drug-likeness (QED) is 0.341. The number of pyridine rings is 1. The third-order valence-corrected chi connectivity index (χ3v) is 5.78. The van der Waals surface area contributed by atoms with E-state index in [1.54, 1.807) is 22.7 Å². The Morgan fingerprint density at radius 1 is 1.06 bits per heavy atom. The highest BCUT2D eigenvalue weighted by Crippen LogP contribution is 2.24. The number of ether oxygens (including phenoxy) is 1. The summed E-state index contributed by atoms with van der Waals surface area (Å²) in [6, 6.07) is 12.6. The molecule has 9 nitrogen and oxygen atoms in total. The average molecular weight is 439 g/mol. The molecule has 5 N–H and O–H groups in total. The molecule has 168 valence electrons. The molecule has 1 aliphatic heterocycles. The number of aliphatic hydroxyl groups is 2. The topological polar surface area (TPSA) is 128 Å². The molecule has 0 aliphatic carbocycles. The number of amides is 2. The summed E-state index contributed by atoms with van der Waals surface area (Å²) in [5, 5.41) is 24.4. The van der Waals surface area contributed by atoms with Crippen LogP contribution in [0.25, 0.3) is 16.8 Å². The van der Waals surface area contributed by atoms with Crippen LogP contribution in [0.2, 0.25) is 0 Å². The number of imidazole rings is 1. The Bertz CT molecular complexity index is 1100. The van der Waals surface area contributed by atoms with Crippen LogP contribution in [0.4, 0.5) is 0 Å². The van der Waals surface area contributed by atoms with Gasteiger partial charge >= 0.3 is 11.7 Å². The van der Waals surface area contributed by atoms with E-state index in [2.05, 4.69) is 15.6 Å². The molecule has 0 unspecified atom stereocenters. The maximum atomic E-state index is 13.2. The van der Waals surface area contributed by atoms with Crippen molar-refractivity contribution in [2.24, 2.45) is 0 Å². The highest BCUT2D eigenvalue weighted by molar-refractivity contribution is 5.95. The van der Waals surface area contributed by atoms with Crippen molar-refractivity contribution in [2.45, 2.75) is 18.4 Å². The number of aromatic nitrogens is 2. The first kappa shape index (κ1) is 21.9. The second kappa shape index (κ2) is 9.47. The zero-order valence-corrected chi connectivity index (χ0v) is 17.6. The normalized spacial score (nSPS) is 15.4. The minimum atomic E-state index is -0.703. The molecular weight excluding hydrogens is 412 g/mol. The fraction of sp³-hybridized carbons (Fsp3) is 0.348. The van der Waals surface area contributed by atoms with Gasteiger partial charge < -0.3 is 25.6 Å². The Morgan fingerprint density at radius 2 is 1.81 bits per heavy atom. The number of aliphatic hydroxyl groups excluding tert-OH is 2. The molecule has 1 fully saturated rings. The molecule has 0 atom stereocenters. The highest BCUT2D eigenvalue weighted by Gasteiger charge is 2.37. The van der Waals surface area contributed by atoms with Gasteiger partial charge in [0.15, 0.2) is 11.2 Å². The lowest BCUT2D eigenvalue weighted by molar-refractivity contribution is -0.514. The second-order valence-corrected chi connectivity index (χ2v) is 7.87. The molecule has 2 amide bonds. The molecule has 3 aromatic rings. The van der Waals surface area contributed by atoms with E-state index in [4.69, 9.17) is 9.84 Å². The summed E-state index contributed by atoms with van der Waals surface area (Å²) in [6.45, 7) is 0.896. The van der Waals surface area contributed by atoms with E-state index in [0.717, 1.165) is 16.8 Å². The number of carbonyl (C=O) groups is 2. The summed E-state index contributed by atoms with van der Waals surface area (Å²) in [5.74, 6) is -0.227. The number of carbonyl (C=O) groups excluding carboxylic acids is 2. The van der Waals surface area contributed by atoms with Crippen LogP contribution < -0.4 is 15.0 Å². The van der Waals surface area contributed by atoms with Gasteiger partial charge in [0, 0.05) is 30.9 Å². The lowest BCUT2D eigenvalue weighted by Crippen LogP contribution is -2.55. The third-order valence-electron chi connectivity index (χ3n) is 5.78. The maximum Gasteiger partial charge on any atom is 0.351 e. The molecule has 0 bridgehead atoms. The Kier molecular flexibility index (Phi) is 6.50. The molecule has 32 heavy (non-hydrogen) atoms. The average Bonchev–Trinajstić information content (AvgIpc) is 3.23. The summed E-state index contributed by atoms with van der Waals surface area (Å²) >= 11 is 0. The van der Waals surface area contributed by atoms with Crippen molar-refractivity contribution < 1.29 is 28.9 Å². The van der Waals surface area contributed by atoms with Gasteiger partial charge in [0.2, 0.25) is 0 Å². The van der Waals surface area contributed by atoms with E-state index in [1.165, 1.54) is 0 Å². The van der Waals surface area contributed by atoms with Crippen molar-refractivity contribution in [2.75, 3.05) is 33.0 Å². The number of aromatic amines is 1. The second-order valence-electron chi connectivity index (χ2n) is 7.87. The third kappa shape index (κ3) is 4.36. The fourth-order valence-corrected chi connectivity index (χ4v) is 3.92. The predicted octanol–water partition coefficient (Wildman–Crippen LogP) is 0.414. The molecule has 2 aromatic heterocycles.